The minimum atomic E-state index is -1.00. The van der Waals surface area contributed by atoms with Crippen LogP contribution in [-0.2, 0) is 9.47 Å². The first-order chi connectivity index (χ1) is 7.17. The van der Waals surface area contributed by atoms with Crippen molar-refractivity contribution in [3.63, 3.8) is 0 Å². The van der Waals surface area contributed by atoms with Crippen molar-refractivity contribution in [1.82, 2.24) is 0 Å². The van der Waals surface area contributed by atoms with Crippen molar-refractivity contribution < 1.29 is 19.7 Å². The largest absolute Gasteiger partial charge is 0.390 e. The highest BCUT2D eigenvalue weighted by molar-refractivity contribution is 4.82. The average molecular weight is 218 g/mol. The molecule has 0 aliphatic heterocycles. The van der Waals surface area contributed by atoms with E-state index in [2.05, 4.69) is 0 Å². The fourth-order valence-corrected chi connectivity index (χ4v) is 1.28. The van der Waals surface area contributed by atoms with Gasteiger partial charge in [0.15, 0.2) is 6.29 Å². The number of allylic oxidation sites excluding steroid dienone is 2. The number of methoxy groups -OCH3 is 2. The molecule has 4 heteroatoms. The monoisotopic (exact) mass is 218 g/mol. The highest BCUT2D eigenvalue weighted by Crippen LogP contribution is 2.10. The highest BCUT2D eigenvalue weighted by Gasteiger charge is 2.25. The van der Waals surface area contributed by atoms with Gasteiger partial charge < -0.3 is 19.7 Å². The van der Waals surface area contributed by atoms with Crippen LogP contribution in [0.2, 0.25) is 0 Å². The molecule has 2 atom stereocenters. The Morgan fingerprint density at radius 1 is 1.13 bits per heavy atom. The molecule has 0 fully saturated rings. The Morgan fingerprint density at radius 3 is 2.20 bits per heavy atom. The van der Waals surface area contributed by atoms with Gasteiger partial charge in [0.25, 0.3) is 0 Å². The van der Waals surface area contributed by atoms with Gasteiger partial charge in [0, 0.05) is 14.2 Å². The van der Waals surface area contributed by atoms with Crippen molar-refractivity contribution in [2.75, 3.05) is 14.2 Å². The van der Waals surface area contributed by atoms with Gasteiger partial charge in [0.05, 0.1) is 6.10 Å². The zero-order valence-electron chi connectivity index (χ0n) is 9.72. The topological polar surface area (TPSA) is 58.9 Å². The molecule has 0 bridgehead atoms. The van der Waals surface area contributed by atoms with Gasteiger partial charge in [-0.25, -0.2) is 0 Å². The van der Waals surface area contributed by atoms with Crippen molar-refractivity contribution in [3.8, 4) is 0 Å². The van der Waals surface area contributed by atoms with Gasteiger partial charge in [-0.05, 0) is 19.3 Å². The van der Waals surface area contributed by atoms with Crippen LogP contribution in [-0.4, -0.2) is 42.9 Å². The van der Waals surface area contributed by atoms with E-state index in [4.69, 9.17) is 9.47 Å². The molecule has 0 aromatic carbocycles. The predicted octanol–water partition coefficient (Wildman–Crippen LogP) is 1.07. The Bertz CT molecular complexity index is 166. The van der Waals surface area contributed by atoms with E-state index in [0.717, 1.165) is 12.8 Å². The number of aliphatic hydroxyl groups excluding tert-OH is 2. The molecule has 0 amide bonds. The summed E-state index contributed by atoms with van der Waals surface area (Å²) in [5.74, 6) is 0. The standard InChI is InChI=1S/C11H22O4/c1-4-5-6-7-8-9(12)10(13)11(14-2)15-3/h5-6,9-13H,4,7-8H2,1-3H3/b6-5+/t9-,10-/m1/s1. The fourth-order valence-electron chi connectivity index (χ4n) is 1.28. The molecule has 0 saturated heterocycles. The second-order valence-electron chi connectivity index (χ2n) is 3.35. The summed E-state index contributed by atoms with van der Waals surface area (Å²) < 4.78 is 9.72. The molecule has 0 saturated carbocycles. The van der Waals surface area contributed by atoms with E-state index in [-0.39, 0.29) is 0 Å². The van der Waals surface area contributed by atoms with Crippen LogP contribution < -0.4 is 0 Å². The molecule has 0 aliphatic rings. The lowest BCUT2D eigenvalue weighted by Crippen LogP contribution is -2.39. The number of hydrogen-bond donors (Lipinski definition) is 2. The van der Waals surface area contributed by atoms with E-state index < -0.39 is 18.5 Å². The van der Waals surface area contributed by atoms with E-state index >= 15 is 0 Å². The molecule has 4 nitrogen and oxygen atoms in total. The normalized spacial score (nSPS) is 16.1. The third kappa shape index (κ3) is 5.89. The summed E-state index contributed by atoms with van der Waals surface area (Å²) in [6.07, 6.45) is 3.65. The molecular weight excluding hydrogens is 196 g/mol. The molecule has 0 aromatic rings. The average Bonchev–Trinajstić information content (AvgIpc) is 2.25. The van der Waals surface area contributed by atoms with Gasteiger partial charge in [-0.15, -0.1) is 0 Å². The van der Waals surface area contributed by atoms with E-state index in [9.17, 15) is 10.2 Å². The molecule has 0 heterocycles. The molecule has 2 N–H and O–H groups in total. The minimum Gasteiger partial charge on any atom is -0.390 e. The zero-order valence-corrected chi connectivity index (χ0v) is 9.72. The maximum atomic E-state index is 9.61. The van der Waals surface area contributed by atoms with Gasteiger partial charge in [-0.3, -0.25) is 0 Å². The van der Waals surface area contributed by atoms with Crippen LogP contribution in [0.15, 0.2) is 12.2 Å². The number of rotatable bonds is 8. The molecule has 0 aromatic heterocycles. The Labute approximate surface area is 91.5 Å². The first-order valence-corrected chi connectivity index (χ1v) is 5.24. The number of hydrogen-bond acceptors (Lipinski definition) is 4. The molecular formula is C11H22O4. The first-order valence-electron chi connectivity index (χ1n) is 5.24. The van der Waals surface area contributed by atoms with Crippen molar-refractivity contribution in [1.29, 1.82) is 0 Å². The third-order valence-corrected chi connectivity index (χ3v) is 2.17. The summed E-state index contributed by atoms with van der Waals surface area (Å²) in [6.45, 7) is 2.05. The van der Waals surface area contributed by atoms with Crippen molar-refractivity contribution in [2.24, 2.45) is 0 Å². The first kappa shape index (κ1) is 14.6. The smallest absolute Gasteiger partial charge is 0.185 e. The maximum Gasteiger partial charge on any atom is 0.185 e. The molecule has 0 spiro atoms. The quantitative estimate of drug-likeness (QED) is 0.472. The van der Waals surface area contributed by atoms with Crippen molar-refractivity contribution in [2.45, 2.75) is 44.7 Å². The molecule has 90 valence electrons. The lowest BCUT2D eigenvalue weighted by atomic mass is 10.1. The maximum absolute atomic E-state index is 9.61. The van der Waals surface area contributed by atoms with Gasteiger partial charge in [-0.2, -0.15) is 0 Å². The van der Waals surface area contributed by atoms with Crippen LogP contribution in [0, 0.1) is 0 Å². The summed E-state index contributed by atoms with van der Waals surface area (Å²) in [5, 5.41) is 19.2. The summed E-state index contributed by atoms with van der Waals surface area (Å²) in [5.41, 5.74) is 0. The van der Waals surface area contributed by atoms with Crippen LogP contribution in [0.3, 0.4) is 0 Å². The van der Waals surface area contributed by atoms with E-state index in [1.165, 1.54) is 14.2 Å². The van der Waals surface area contributed by atoms with Gasteiger partial charge >= 0.3 is 0 Å². The third-order valence-electron chi connectivity index (χ3n) is 2.17. The summed E-state index contributed by atoms with van der Waals surface area (Å²) >= 11 is 0. The molecule has 15 heavy (non-hydrogen) atoms. The SMILES string of the molecule is CC/C=C/CC[C@@H](O)[C@@H](O)C(OC)OC. The summed E-state index contributed by atoms with van der Waals surface area (Å²) in [6, 6.07) is 0. The minimum absolute atomic E-state index is 0.501. The highest BCUT2D eigenvalue weighted by atomic mass is 16.7. The lowest BCUT2D eigenvalue weighted by molar-refractivity contribution is -0.190. The fraction of sp³-hybridized carbons (Fsp3) is 0.818. The second-order valence-corrected chi connectivity index (χ2v) is 3.35. The molecule has 0 unspecified atom stereocenters. The van der Waals surface area contributed by atoms with Crippen molar-refractivity contribution >= 4 is 0 Å². The molecule has 0 aliphatic carbocycles. The van der Waals surface area contributed by atoms with Crippen LogP contribution >= 0.6 is 0 Å². The lowest BCUT2D eigenvalue weighted by Gasteiger charge is -2.24. The van der Waals surface area contributed by atoms with E-state index in [0.29, 0.717) is 6.42 Å². The van der Waals surface area contributed by atoms with Crippen LogP contribution in [0.4, 0.5) is 0 Å². The molecule has 0 rings (SSSR count). The Kier molecular flexibility index (Phi) is 8.61. The van der Waals surface area contributed by atoms with Crippen LogP contribution in [0.5, 0.6) is 0 Å². The zero-order chi connectivity index (χ0) is 11.7. The van der Waals surface area contributed by atoms with Gasteiger partial charge in [0.1, 0.15) is 6.10 Å². The van der Waals surface area contributed by atoms with Gasteiger partial charge in [-0.1, -0.05) is 19.1 Å². The Balaban J connectivity index is 3.86. The van der Waals surface area contributed by atoms with E-state index in [1.54, 1.807) is 0 Å². The predicted molar refractivity (Wildman–Crippen MR) is 58.5 cm³/mol. The Hall–Kier alpha value is -0.420. The summed E-state index contributed by atoms with van der Waals surface area (Å²) in [7, 11) is 2.86. The molecule has 0 radical (unpaired) electrons. The van der Waals surface area contributed by atoms with Crippen LogP contribution in [0.1, 0.15) is 26.2 Å². The second kappa shape index (κ2) is 8.85. The number of aliphatic hydroxyl groups is 2. The van der Waals surface area contributed by atoms with E-state index in [1.807, 2.05) is 19.1 Å². The number of ether oxygens (including phenoxy) is 2. The van der Waals surface area contributed by atoms with Gasteiger partial charge in [0.2, 0.25) is 0 Å². The van der Waals surface area contributed by atoms with Crippen molar-refractivity contribution in [3.05, 3.63) is 12.2 Å². The summed E-state index contributed by atoms with van der Waals surface area (Å²) in [4.78, 5) is 0. The Morgan fingerprint density at radius 2 is 1.73 bits per heavy atom. The van der Waals surface area contributed by atoms with Crippen LogP contribution in [0.25, 0.3) is 0 Å².